The van der Waals surface area contributed by atoms with E-state index < -0.39 is 24.8 Å². The van der Waals surface area contributed by atoms with Gasteiger partial charge in [-0.3, -0.25) is 14.4 Å². The molecule has 0 radical (unpaired) electrons. The first-order chi connectivity index (χ1) is 18.7. The third kappa shape index (κ3) is 17.6. The van der Waals surface area contributed by atoms with Crippen LogP contribution in [-0.2, 0) is 38.2 Å². The first-order valence-electron chi connectivity index (χ1n) is 13.6. The van der Waals surface area contributed by atoms with E-state index in [-0.39, 0.29) is 74.0 Å². The quantitative estimate of drug-likeness (QED) is 0.0743. The fourth-order valence-electron chi connectivity index (χ4n) is 3.81. The van der Waals surface area contributed by atoms with Crippen LogP contribution in [0.4, 0.5) is 0 Å². The van der Waals surface area contributed by atoms with Crippen LogP contribution in [-0.4, -0.2) is 107 Å². The largest absolute Gasteiger partial charge is 0.544 e. The molecular formula is C25H47N4O9U-. The van der Waals surface area contributed by atoms with Gasteiger partial charge in [-0.05, 0) is 31.7 Å². The van der Waals surface area contributed by atoms with Crippen LogP contribution in [0.15, 0.2) is 0 Å². The Bertz CT molecular complexity index is 713. The van der Waals surface area contributed by atoms with E-state index in [1.165, 1.54) is 20.6 Å². The normalized spacial score (nSPS) is 26.0. The number of hydrogen-bond donors (Lipinski definition) is 5. The Labute approximate surface area is 257 Å². The first-order valence-corrected chi connectivity index (χ1v) is 13.0. The van der Waals surface area contributed by atoms with Crippen molar-refractivity contribution < 1.29 is 75.8 Å². The van der Waals surface area contributed by atoms with Gasteiger partial charge < -0.3 is 44.8 Å². The van der Waals surface area contributed by atoms with Crippen LogP contribution in [0.1, 0.15) is 53.2 Å². The summed E-state index contributed by atoms with van der Waals surface area (Å²) in [5.74, 6) is -0.281. The van der Waals surface area contributed by atoms with E-state index in [9.17, 15) is 19.5 Å². The monoisotopic (exact) mass is 787 g/mol. The molecule has 2 aliphatic heterocycles. The van der Waals surface area contributed by atoms with Crippen molar-refractivity contribution in [1.29, 1.82) is 0 Å². The molecule has 0 bridgehead atoms. The van der Waals surface area contributed by atoms with Gasteiger partial charge in [0.15, 0.2) is 0 Å². The van der Waals surface area contributed by atoms with Gasteiger partial charge in [-0.2, -0.15) is 6.61 Å². The molecule has 2 saturated heterocycles. The van der Waals surface area contributed by atoms with Crippen LogP contribution in [0.5, 0.6) is 0 Å². The van der Waals surface area contributed by atoms with Gasteiger partial charge in [0.05, 0.1) is 39.9 Å². The second kappa shape index (κ2) is 23.8. The Morgan fingerprint density at radius 3 is 2.31 bits per heavy atom. The standard InChI is InChI=1S/C13H26N2O4.C12H21N2O5.U/c1-17-10-12-11(7-9-19-12)15-13(16)6-4-3-5-8-14-18-2;1-8(15)13-5-3-4-11(16)14-9-6-19-10(7-18-2)12(9)17;/h11-12,14H,3-10H2,1-2H3,(H,15,16);6,9-10,12,17H,3-5,7H2,1-2H3,(H,13,15)(H,14,16);/q;-1;/i9T;;. The molecule has 0 aromatic carbocycles. The molecule has 6 unspecified atom stereocenters. The Balaban J connectivity index is 0.000000743. The molecule has 6 atom stereocenters. The van der Waals surface area contributed by atoms with Crippen molar-refractivity contribution >= 4 is 17.7 Å². The van der Waals surface area contributed by atoms with Crippen molar-refractivity contribution in [3.63, 3.8) is 0 Å². The molecule has 0 spiro atoms. The summed E-state index contributed by atoms with van der Waals surface area (Å²) in [5, 5.41) is 18.1. The minimum Gasteiger partial charge on any atom is -0.544 e. The Kier molecular flexibility index (Phi) is 22.1. The van der Waals surface area contributed by atoms with E-state index in [0.717, 1.165) is 25.8 Å². The van der Waals surface area contributed by atoms with E-state index in [1.54, 1.807) is 14.2 Å². The van der Waals surface area contributed by atoms with Crippen LogP contribution in [0, 0.1) is 37.7 Å². The number of ether oxygens (including phenoxy) is 4. The molecule has 3 amide bonds. The van der Waals surface area contributed by atoms with Gasteiger partial charge in [0.2, 0.25) is 17.7 Å². The fraction of sp³-hybridized carbons (Fsp3) is 0.840. The Hall–Kier alpha value is -0.818. The number of amides is 3. The number of aliphatic hydroxyl groups excluding tert-OH is 1. The fourth-order valence-corrected chi connectivity index (χ4v) is 3.81. The summed E-state index contributed by atoms with van der Waals surface area (Å²) in [6.45, 7) is 4.21. The minimum atomic E-state index is -0.806. The van der Waals surface area contributed by atoms with Crippen molar-refractivity contribution in [2.45, 2.75) is 82.3 Å². The number of nitrogens with one attached hydrogen (secondary N) is 4. The average molecular weight is 788 g/mol. The zero-order valence-electron chi connectivity index (χ0n) is 24.5. The number of carbonyl (C=O) groups excluding carboxylic acids is 3. The second-order valence-corrected chi connectivity index (χ2v) is 9.05. The predicted octanol–water partition coefficient (Wildman–Crippen LogP) is -0.427. The number of aliphatic hydroxyl groups is 1. The molecule has 0 aliphatic carbocycles. The topological polar surface area (TPSA) is 166 Å². The van der Waals surface area contributed by atoms with Crippen molar-refractivity contribution in [3.05, 3.63) is 6.61 Å². The van der Waals surface area contributed by atoms with Gasteiger partial charge in [0.1, 0.15) is 6.10 Å². The smallest absolute Gasteiger partial charge is 0.220 e. The summed E-state index contributed by atoms with van der Waals surface area (Å²) in [4.78, 5) is 38.8. The Morgan fingerprint density at radius 2 is 1.64 bits per heavy atom. The van der Waals surface area contributed by atoms with Crippen molar-refractivity contribution in [2.24, 2.45) is 0 Å². The van der Waals surface area contributed by atoms with E-state index in [2.05, 4.69) is 21.4 Å². The Morgan fingerprint density at radius 1 is 0.974 bits per heavy atom. The van der Waals surface area contributed by atoms with Crippen molar-refractivity contribution in [3.8, 4) is 0 Å². The molecule has 2 fully saturated rings. The van der Waals surface area contributed by atoms with E-state index >= 15 is 0 Å². The van der Waals surface area contributed by atoms with E-state index in [1.807, 2.05) is 0 Å². The first kappa shape index (κ1) is 36.2. The third-order valence-corrected chi connectivity index (χ3v) is 5.84. The number of unbranched alkanes of at least 4 members (excludes halogenated alkanes) is 2. The molecular weight excluding hydrogens is 738 g/mol. The van der Waals surface area contributed by atoms with Crippen LogP contribution in [0.25, 0.3) is 0 Å². The zero-order chi connectivity index (χ0) is 29.0. The van der Waals surface area contributed by atoms with Gasteiger partial charge in [0.25, 0.3) is 0 Å². The number of carbonyl (C=O) groups is 3. The molecule has 39 heavy (non-hydrogen) atoms. The zero-order valence-corrected chi connectivity index (χ0v) is 27.7. The van der Waals surface area contributed by atoms with Crippen LogP contribution in [0.2, 0.25) is 0 Å². The average Bonchev–Trinajstić information content (AvgIpc) is 3.40. The van der Waals surface area contributed by atoms with Crippen LogP contribution >= 0.6 is 0 Å². The summed E-state index contributed by atoms with van der Waals surface area (Å²) < 4.78 is 28.1. The van der Waals surface area contributed by atoms with Crippen LogP contribution in [0.3, 0.4) is 0 Å². The van der Waals surface area contributed by atoms with Gasteiger partial charge in [0, 0.05) is 84.8 Å². The molecule has 5 N–H and O–H groups in total. The van der Waals surface area contributed by atoms with Gasteiger partial charge in [-0.15, -0.1) is 0 Å². The third-order valence-electron chi connectivity index (χ3n) is 5.84. The van der Waals surface area contributed by atoms with Gasteiger partial charge in [-0.1, -0.05) is 6.42 Å². The van der Waals surface area contributed by atoms with Crippen LogP contribution < -0.4 is 21.4 Å². The van der Waals surface area contributed by atoms with Gasteiger partial charge >= 0.3 is 0 Å². The molecule has 0 saturated carbocycles. The SMILES string of the molecule is COCC1O[CH-]C(NC(=O)CCCNC(C)=O)C1O.[3H]C1CC(NC(=O)CCCCCNOC)C(COC)O1.[U]. The summed E-state index contributed by atoms with van der Waals surface area (Å²) in [6.07, 6.45) is 3.21. The molecule has 0 aromatic heterocycles. The molecule has 2 heterocycles. The number of hydrogen-bond acceptors (Lipinski definition) is 10. The summed E-state index contributed by atoms with van der Waals surface area (Å²) >= 11 is 0. The number of hydroxylamine groups is 1. The van der Waals surface area contributed by atoms with Crippen molar-refractivity contribution in [1.82, 2.24) is 21.4 Å². The summed E-state index contributed by atoms with van der Waals surface area (Å²) in [6, 6.07) is -0.631. The van der Waals surface area contributed by atoms with E-state index in [4.69, 9.17) is 25.2 Å². The van der Waals surface area contributed by atoms with Gasteiger partial charge in [-0.25, -0.2) is 5.48 Å². The molecule has 2 aliphatic rings. The molecule has 13 nitrogen and oxygen atoms in total. The summed E-state index contributed by atoms with van der Waals surface area (Å²) in [7, 11) is 4.70. The maximum Gasteiger partial charge on any atom is 0.220 e. The maximum atomic E-state index is 11.8. The molecule has 0 aromatic rings. The molecule has 14 heteroatoms. The predicted molar refractivity (Wildman–Crippen MR) is 139 cm³/mol. The maximum absolute atomic E-state index is 11.8. The van der Waals surface area contributed by atoms with E-state index in [0.29, 0.717) is 32.4 Å². The second-order valence-electron chi connectivity index (χ2n) is 9.05. The summed E-state index contributed by atoms with van der Waals surface area (Å²) in [5.41, 5.74) is 2.77. The number of rotatable bonds is 17. The number of methoxy groups -OCH3 is 2. The molecule has 226 valence electrons. The van der Waals surface area contributed by atoms with Crippen molar-refractivity contribution in [2.75, 3.05) is 54.2 Å². The minimum absolute atomic E-state index is 0. The molecule has 2 rings (SSSR count).